The molecule has 0 unspecified atom stereocenters. The van der Waals surface area contributed by atoms with Gasteiger partial charge in [-0.25, -0.2) is 4.68 Å². The molecule has 1 aromatic heterocycles. The molecule has 0 N–H and O–H groups in total. The molecule has 34 heavy (non-hydrogen) atoms. The summed E-state index contributed by atoms with van der Waals surface area (Å²) >= 11 is 0. The number of aromatic nitrogens is 2. The quantitative estimate of drug-likeness (QED) is 0.350. The van der Waals surface area contributed by atoms with Crippen LogP contribution in [0.5, 0.6) is 11.5 Å². The van der Waals surface area contributed by atoms with Crippen molar-refractivity contribution in [2.45, 2.75) is 19.4 Å². The minimum absolute atomic E-state index is 0.0632. The summed E-state index contributed by atoms with van der Waals surface area (Å²) in [6, 6.07) is 25.8. The summed E-state index contributed by atoms with van der Waals surface area (Å²) in [6.07, 6.45) is 3.00. The molecule has 0 saturated carbocycles. The molecule has 0 aliphatic rings. The third kappa shape index (κ3) is 5.46. The van der Waals surface area contributed by atoms with E-state index in [9.17, 15) is 4.79 Å². The molecule has 0 fully saturated rings. The summed E-state index contributed by atoms with van der Waals surface area (Å²) in [5, 5.41) is 4.85. The minimum Gasteiger partial charge on any atom is -0.497 e. The van der Waals surface area contributed by atoms with Crippen LogP contribution < -0.4 is 9.47 Å². The van der Waals surface area contributed by atoms with Gasteiger partial charge >= 0.3 is 0 Å². The number of carbonyl (C=O) groups excluding carboxylic acids is 1. The number of para-hydroxylation sites is 1. The van der Waals surface area contributed by atoms with Gasteiger partial charge in [-0.2, -0.15) is 5.10 Å². The molecule has 4 aromatic rings. The zero-order valence-electron chi connectivity index (χ0n) is 19.8. The highest BCUT2D eigenvalue weighted by atomic mass is 16.5. The zero-order chi connectivity index (χ0) is 23.9. The van der Waals surface area contributed by atoms with Gasteiger partial charge in [0.2, 0.25) is 5.91 Å². The maximum Gasteiger partial charge on any atom is 0.222 e. The van der Waals surface area contributed by atoms with Crippen molar-refractivity contribution in [1.82, 2.24) is 14.7 Å². The van der Waals surface area contributed by atoms with Crippen molar-refractivity contribution < 1.29 is 14.3 Å². The molecule has 0 spiro atoms. The molecule has 0 saturated heterocycles. The van der Waals surface area contributed by atoms with Gasteiger partial charge in [0.05, 0.1) is 25.6 Å². The van der Waals surface area contributed by atoms with Gasteiger partial charge in [0.15, 0.2) is 0 Å². The first-order valence-corrected chi connectivity index (χ1v) is 11.2. The maximum atomic E-state index is 13.0. The summed E-state index contributed by atoms with van der Waals surface area (Å²) in [7, 11) is 5.08. The van der Waals surface area contributed by atoms with Crippen LogP contribution in [0.3, 0.4) is 0 Å². The molecule has 4 rings (SSSR count). The molecule has 0 aliphatic carbocycles. The number of aryl methyl sites for hydroxylation is 1. The number of rotatable bonds is 9. The number of nitrogens with zero attached hydrogens (tertiary/aromatic N) is 3. The summed E-state index contributed by atoms with van der Waals surface area (Å²) in [5.74, 6) is 1.50. The standard InChI is InChI=1S/C28H29N3O3/c1-30(27(32)15-14-21-16-25(33-2)18-26(17-21)34-3)19-23-20-31(24-12-8-5-9-13-24)29-28(23)22-10-6-4-7-11-22/h4-13,16-18,20H,14-15,19H2,1-3H3. The average Bonchev–Trinajstić information content (AvgIpc) is 3.31. The number of amides is 1. The highest BCUT2D eigenvalue weighted by Gasteiger charge is 2.17. The monoisotopic (exact) mass is 455 g/mol. The van der Waals surface area contributed by atoms with E-state index < -0.39 is 0 Å². The molecule has 3 aromatic carbocycles. The Morgan fingerprint density at radius 3 is 2.15 bits per heavy atom. The Hall–Kier alpha value is -4.06. The van der Waals surface area contributed by atoms with Gasteiger partial charge in [-0.05, 0) is 36.2 Å². The first-order valence-electron chi connectivity index (χ1n) is 11.2. The van der Waals surface area contributed by atoms with E-state index in [2.05, 4.69) is 0 Å². The molecule has 1 heterocycles. The van der Waals surface area contributed by atoms with Crippen molar-refractivity contribution in [3.8, 4) is 28.4 Å². The van der Waals surface area contributed by atoms with E-state index in [0.29, 0.717) is 19.4 Å². The molecule has 0 atom stereocenters. The molecule has 174 valence electrons. The zero-order valence-corrected chi connectivity index (χ0v) is 19.8. The first-order chi connectivity index (χ1) is 16.6. The van der Waals surface area contributed by atoms with Gasteiger partial charge in [-0.3, -0.25) is 4.79 Å². The molecule has 6 heteroatoms. The first kappa shape index (κ1) is 23.1. The normalized spacial score (nSPS) is 10.7. The fourth-order valence-corrected chi connectivity index (χ4v) is 3.87. The summed E-state index contributed by atoms with van der Waals surface area (Å²) in [6.45, 7) is 0.470. The lowest BCUT2D eigenvalue weighted by Crippen LogP contribution is -2.26. The fourth-order valence-electron chi connectivity index (χ4n) is 3.87. The number of hydrogen-bond donors (Lipinski definition) is 0. The number of benzene rings is 3. The molecule has 1 amide bonds. The van der Waals surface area contributed by atoms with Crippen LogP contribution >= 0.6 is 0 Å². The Morgan fingerprint density at radius 2 is 1.53 bits per heavy atom. The van der Waals surface area contributed by atoms with Crippen LogP contribution in [0.2, 0.25) is 0 Å². The van der Waals surface area contributed by atoms with Crippen LogP contribution in [-0.2, 0) is 17.8 Å². The summed E-state index contributed by atoms with van der Waals surface area (Å²) in [5.41, 5.74) is 4.87. The number of carbonyl (C=O) groups is 1. The van der Waals surface area contributed by atoms with Crippen LogP contribution in [0.4, 0.5) is 0 Å². The van der Waals surface area contributed by atoms with Gasteiger partial charge in [-0.15, -0.1) is 0 Å². The molecular weight excluding hydrogens is 426 g/mol. The second-order valence-corrected chi connectivity index (χ2v) is 8.12. The Bertz CT molecular complexity index is 1210. The lowest BCUT2D eigenvalue weighted by Gasteiger charge is -2.17. The lowest BCUT2D eigenvalue weighted by molar-refractivity contribution is -0.130. The molecule has 6 nitrogen and oxygen atoms in total. The second-order valence-electron chi connectivity index (χ2n) is 8.12. The summed E-state index contributed by atoms with van der Waals surface area (Å²) < 4.78 is 12.6. The Balaban J connectivity index is 1.51. The smallest absolute Gasteiger partial charge is 0.222 e. The van der Waals surface area contributed by atoms with Crippen LogP contribution in [0.25, 0.3) is 16.9 Å². The van der Waals surface area contributed by atoms with Crippen molar-refractivity contribution >= 4 is 5.91 Å². The van der Waals surface area contributed by atoms with Crippen molar-refractivity contribution in [1.29, 1.82) is 0 Å². The maximum absolute atomic E-state index is 13.0. The largest absolute Gasteiger partial charge is 0.497 e. The van der Waals surface area contributed by atoms with Crippen molar-refractivity contribution in [2.24, 2.45) is 0 Å². The van der Waals surface area contributed by atoms with E-state index in [4.69, 9.17) is 14.6 Å². The molecule has 0 radical (unpaired) electrons. The highest BCUT2D eigenvalue weighted by molar-refractivity contribution is 5.76. The molecule has 0 aliphatic heterocycles. The van der Waals surface area contributed by atoms with E-state index in [-0.39, 0.29) is 5.91 Å². The van der Waals surface area contributed by atoms with Gasteiger partial charge < -0.3 is 14.4 Å². The van der Waals surface area contributed by atoms with E-state index in [1.54, 1.807) is 19.1 Å². The second kappa shape index (κ2) is 10.7. The van der Waals surface area contributed by atoms with E-state index in [1.165, 1.54) is 0 Å². The van der Waals surface area contributed by atoms with Crippen molar-refractivity contribution in [3.63, 3.8) is 0 Å². The van der Waals surface area contributed by atoms with Crippen molar-refractivity contribution in [3.05, 3.63) is 96.2 Å². The third-order valence-corrected chi connectivity index (χ3v) is 5.73. The van der Waals surface area contributed by atoms with Crippen molar-refractivity contribution in [2.75, 3.05) is 21.3 Å². The van der Waals surface area contributed by atoms with Gasteiger partial charge in [-0.1, -0.05) is 48.5 Å². The molecular formula is C28H29N3O3. The van der Waals surface area contributed by atoms with Gasteiger partial charge in [0.1, 0.15) is 11.5 Å². The Morgan fingerprint density at radius 1 is 0.912 bits per heavy atom. The van der Waals surface area contributed by atoms with E-state index >= 15 is 0 Å². The minimum atomic E-state index is 0.0632. The van der Waals surface area contributed by atoms with Crippen LogP contribution in [0, 0.1) is 0 Å². The van der Waals surface area contributed by atoms with E-state index in [1.807, 2.05) is 96.8 Å². The highest BCUT2D eigenvalue weighted by Crippen LogP contribution is 2.26. The predicted octanol–water partition coefficient (Wildman–Crippen LogP) is 5.15. The van der Waals surface area contributed by atoms with Crippen LogP contribution in [-0.4, -0.2) is 41.9 Å². The Kier molecular flexibility index (Phi) is 7.28. The topological polar surface area (TPSA) is 56.6 Å². The van der Waals surface area contributed by atoms with Gasteiger partial charge in [0.25, 0.3) is 0 Å². The number of ether oxygens (including phenoxy) is 2. The predicted molar refractivity (Wildman–Crippen MR) is 133 cm³/mol. The van der Waals surface area contributed by atoms with Crippen LogP contribution in [0.15, 0.2) is 85.1 Å². The number of methoxy groups -OCH3 is 2. The third-order valence-electron chi connectivity index (χ3n) is 5.73. The number of hydrogen-bond acceptors (Lipinski definition) is 4. The van der Waals surface area contributed by atoms with Crippen LogP contribution in [0.1, 0.15) is 17.5 Å². The lowest BCUT2D eigenvalue weighted by atomic mass is 10.1. The Labute approximate surface area is 200 Å². The van der Waals surface area contributed by atoms with Gasteiger partial charge in [0, 0.05) is 43.4 Å². The summed E-state index contributed by atoms with van der Waals surface area (Å²) in [4.78, 5) is 14.8. The SMILES string of the molecule is COc1cc(CCC(=O)N(C)Cc2cn(-c3ccccc3)nc2-c2ccccc2)cc(OC)c1. The average molecular weight is 456 g/mol. The van der Waals surface area contributed by atoms with E-state index in [0.717, 1.165) is 39.6 Å². The molecule has 0 bridgehead atoms. The fraction of sp³-hybridized carbons (Fsp3) is 0.214.